The topological polar surface area (TPSA) is 20.2 Å². The van der Waals surface area contributed by atoms with Crippen molar-refractivity contribution in [2.75, 3.05) is 0 Å². The number of phenolic OH excluding ortho intramolecular Hbond substituents is 1. The highest BCUT2D eigenvalue weighted by Crippen LogP contribution is 2.22. The van der Waals surface area contributed by atoms with Gasteiger partial charge in [-0.2, -0.15) is 0 Å². The molecule has 1 aromatic rings. The molecule has 0 aromatic heterocycles. The van der Waals surface area contributed by atoms with Gasteiger partial charge in [0.15, 0.2) is 0 Å². The molecule has 0 aliphatic rings. The maximum atomic E-state index is 9.76. The van der Waals surface area contributed by atoms with Crippen molar-refractivity contribution in [3.05, 3.63) is 52.1 Å². The maximum absolute atomic E-state index is 9.76. The Kier molecular flexibility index (Phi) is 5.88. The van der Waals surface area contributed by atoms with Crippen molar-refractivity contribution < 1.29 is 5.11 Å². The fraction of sp³-hybridized carbons (Fsp3) is 0.444. The van der Waals surface area contributed by atoms with E-state index in [1.807, 2.05) is 13.0 Å². The van der Waals surface area contributed by atoms with Gasteiger partial charge in [-0.05, 0) is 76.6 Å². The Hall–Kier alpha value is -1.50. The van der Waals surface area contributed by atoms with Gasteiger partial charge in [0.05, 0.1) is 0 Å². The molecule has 0 saturated heterocycles. The minimum Gasteiger partial charge on any atom is -0.508 e. The van der Waals surface area contributed by atoms with E-state index in [0.29, 0.717) is 5.75 Å². The lowest BCUT2D eigenvalue weighted by molar-refractivity contribution is 0.470. The predicted molar refractivity (Wildman–Crippen MR) is 83.7 cm³/mol. The van der Waals surface area contributed by atoms with Crippen molar-refractivity contribution in [3.63, 3.8) is 0 Å². The molecule has 0 aliphatic carbocycles. The third kappa shape index (κ3) is 5.34. The van der Waals surface area contributed by atoms with E-state index < -0.39 is 0 Å². The first-order valence-electron chi connectivity index (χ1n) is 6.98. The quantitative estimate of drug-likeness (QED) is 0.716. The van der Waals surface area contributed by atoms with E-state index in [9.17, 15) is 5.11 Å². The molecule has 1 aromatic carbocycles. The van der Waals surface area contributed by atoms with Gasteiger partial charge in [0.25, 0.3) is 0 Å². The zero-order valence-corrected chi connectivity index (χ0v) is 12.9. The molecule has 0 bridgehead atoms. The number of hydrogen-bond acceptors (Lipinski definition) is 1. The number of aryl methyl sites for hydroxylation is 2. The molecule has 104 valence electrons. The van der Waals surface area contributed by atoms with E-state index in [2.05, 4.69) is 45.9 Å². The summed E-state index contributed by atoms with van der Waals surface area (Å²) < 4.78 is 0. The molecule has 0 saturated carbocycles. The Morgan fingerprint density at radius 3 is 2.37 bits per heavy atom. The van der Waals surface area contributed by atoms with Crippen LogP contribution in [0.5, 0.6) is 5.75 Å². The normalized spacial score (nSPS) is 11.5. The Bertz CT molecular complexity index is 489. The molecular weight excluding hydrogens is 232 g/mol. The molecule has 0 atom stereocenters. The van der Waals surface area contributed by atoms with Gasteiger partial charge in [0, 0.05) is 0 Å². The molecule has 0 aliphatic heterocycles. The molecular formula is C18H26O. The Morgan fingerprint density at radius 2 is 1.74 bits per heavy atom. The molecule has 0 heterocycles. The van der Waals surface area contributed by atoms with Crippen molar-refractivity contribution in [2.45, 2.75) is 53.9 Å². The summed E-state index contributed by atoms with van der Waals surface area (Å²) in [5, 5.41) is 9.76. The molecule has 1 heteroatoms. The zero-order valence-electron chi connectivity index (χ0n) is 12.9. The number of rotatable bonds is 5. The van der Waals surface area contributed by atoms with Crippen LogP contribution in [0.15, 0.2) is 35.4 Å². The first-order valence-corrected chi connectivity index (χ1v) is 6.98. The van der Waals surface area contributed by atoms with E-state index in [0.717, 1.165) is 24.8 Å². The minimum absolute atomic E-state index is 0.399. The highest BCUT2D eigenvalue weighted by atomic mass is 16.3. The van der Waals surface area contributed by atoms with Crippen LogP contribution in [-0.4, -0.2) is 5.11 Å². The zero-order chi connectivity index (χ0) is 14.4. The molecule has 19 heavy (non-hydrogen) atoms. The van der Waals surface area contributed by atoms with Crippen molar-refractivity contribution in [3.8, 4) is 5.75 Å². The summed E-state index contributed by atoms with van der Waals surface area (Å²) in [5.74, 6) is 0.399. The van der Waals surface area contributed by atoms with Gasteiger partial charge in [-0.15, -0.1) is 0 Å². The lowest BCUT2D eigenvalue weighted by atomic mass is 10.00. The van der Waals surface area contributed by atoms with Crippen LogP contribution in [0.2, 0.25) is 0 Å². The standard InChI is InChI=1S/C18H26O/c1-13(2)7-6-8-14(3)9-10-17-12-18(19)16(5)11-15(17)4/h7,9,11-12,19H,6,8,10H2,1-5H3/b14-9+. The largest absolute Gasteiger partial charge is 0.508 e. The lowest BCUT2D eigenvalue weighted by Gasteiger charge is -2.07. The van der Waals surface area contributed by atoms with E-state index in [-0.39, 0.29) is 0 Å². The van der Waals surface area contributed by atoms with E-state index in [1.165, 1.54) is 22.3 Å². The van der Waals surface area contributed by atoms with Crippen LogP contribution in [0.1, 0.15) is 50.3 Å². The predicted octanol–water partition coefficient (Wildman–Crippen LogP) is 5.24. The molecule has 0 fully saturated rings. The number of phenols is 1. The average molecular weight is 258 g/mol. The summed E-state index contributed by atoms with van der Waals surface area (Å²) in [7, 11) is 0. The van der Waals surface area contributed by atoms with Gasteiger partial charge in [-0.25, -0.2) is 0 Å². The summed E-state index contributed by atoms with van der Waals surface area (Å²) >= 11 is 0. The summed E-state index contributed by atoms with van der Waals surface area (Å²) in [5.41, 5.74) is 6.21. The smallest absolute Gasteiger partial charge is 0.118 e. The minimum atomic E-state index is 0.399. The molecule has 0 amide bonds. The van der Waals surface area contributed by atoms with Crippen LogP contribution >= 0.6 is 0 Å². The fourth-order valence-electron chi connectivity index (χ4n) is 2.08. The second kappa shape index (κ2) is 7.18. The highest BCUT2D eigenvalue weighted by Gasteiger charge is 2.02. The fourth-order valence-corrected chi connectivity index (χ4v) is 2.08. The maximum Gasteiger partial charge on any atom is 0.118 e. The van der Waals surface area contributed by atoms with E-state index in [4.69, 9.17) is 0 Å². The lowest BCUT2D eigenvalue weighted by Crippen LogP contribution is -1.90. The monoisotopic (exact) mass is 258 g/mol. The molecule has 1 rings (SSSR count). The highest BCUT2D eigenvalue weighted by molar-refractivity contribution is 5.41. The van der Waals surface area contributed by atoms with Gasteiger partial charge >= 0.3 is 0 Å². The third-order valence-electron chi connectivity index (χ3n) is 3.42. The van der Waals surface area contributed by atoms with Crippen LogP contribution in [0, 0.1) is 13.8 Å². The molecule has 0 unspecified atom stereocenters. The van der Waals surface area contributed by atoms with Crippen LogP contribution in [0.3, 0.4) is 0 Å². The molecule has 0 radical (unpaired) electrons. The van der Waals surface area contributed by atoms with E-state index >= 15 is 0 Å². The van der Waals surface area contributed by atoms with Crippen LogP contribution in [0.25, 0.3) is 0 Å². The van der Waals surface area contributed by atoms with Crippen molar-refractivity contribution in [1.29, 1.82) is 0 Å². The molecule has 1 N–H and O–H groups in total. The first kappa shape index (κ1) is 15.6. The van der Waals surface area contributed by atoms with Crippen LogP contribution in [-0.2, 0) is 6.42 Å². The summed E-state index contributed by atoms with van der Waals surface area (Å²) in [6.07, 6.45) is 7.68. The third-order valence-corrected chi connectivity index (χ3v) is 3.42. The Morgan fingerprint density at radius 1 is 1.05 bits per heavy atom. The summed E-state index contributed by atoms with van der Waals surface area (Å²) in [6.45, 7) is 10.5. The van der Waals surface area contributed by atoms with Gasteiger partial charge in [0.2, 0.25) is 0 Å². The number of benzene rings is 1. The SMILES string of the molecule is CC(C)=CCC/C(C)=C/Cc1cc(O)c(C)cc1C. The average Bonchev–Trinajstić information content (AvgIpc) is 2.31. The van der Waals surface area contributed by atoms with Crippen molar-refractivity contribution >= 4 is 0 Å². The number of allylic oxidation sites excluding steroid dienone is 4. The first-order chi connectivity index (χ1) is 8.90. The second-order valence-electron chi connectivity index (χ2n) is 5.64. The molecule has 1 nitrogen and oxygen atoms in total. The number of aromatic hydroxyl groups is 1. The van der Waals surface area contributed by atoms with Crippen LogP contribution < -0.4 is 0 Å². The molecule has 0 spiro atoms. The second-order valence-corrected chi connectivity index (χ2v) is 5.64. The van der Waals surface area contributed by atoms with Gasteiger partial charge < -0.3 is 5.11 Å². The van der Waals surface area contributed by atoms with Gasteiger partial charge in [0.1, 0.15) is 5.75 Å². The van der Waals surface area contributed by atoms with E-state index in [1.54, 1.807) is 0 Å². The van der Waals surface area contributed by atoms with Crippen molar-refractivity contribution in [2.24, 2.45) is 0 Å². The summed E-state index contributed by atoms with van der Waals surface area (Å²) in [4.78, 5) is 0. The number of hydrogen-bond donors (Lipinski definition) is 1. The Labute approximate surface area is 117 Å². The van der Waals surface area contributed by atoms with Gasteiger partial charge in [-0.3, -0.25) is 0 Å². The van der Waals surface area contributed by atoms with Crippen molar-refractivity contribution in [1.82, 2.24) is 0 Å². The van der Waals surface area contributed by atoms with Crippen LogP contribution in [0.4, 0.5) is 0 Å². The van der Waals surface area contributed by atoms with Gasteiger partial charge in [-0.1, -0.05) is 29.4 Å². The summed E-state index contributed by atoms with van der Waals surface area (Å²) in [6, 6.07) is 3.95. The Balaban J connectivity index is 2.65.